The highest BCUT2D eigenvalue weighted by Gasteiger charge is 2.53. The number of rotatable bonds is 5. The van der Waals surface area contributed by atoms with Crippen molar-refractivity contribution in [3.8, 4) is 16.9 Å². The van der Waals surface area contributed by atoms with Gasteiger partial charge < -0.3 is 14.4 Å². The molecular formula is C22H29BO3. The van der Waals surface area contributed by atoms with E-state index in [2.05, 4.69) is 25.1 Å². The largest absolute Gasteiger partial charge is 0.508 e. The first kappa shape index (κ1) is 19.0. The van der Waals surface area contributed by atoms with E-state index in [1.165, 1.54) is 0 Å². The highest BCUT2D eigenvalue weighted by atomic mass is 16.7. The van der Waals surface area contributed by atoms with E-state index in [4.69, 9.17) is 9.31 Å². The van der Waals surface area contributed by atoms with Crippen molar-refractivity contribution in [2.75, 3.05) is 0 Å². The molecule has 2 aromatic rings. The standard InChI is InChI=1S/C22H29BO3/c1-6-7-11-16-14-18(17-12-9-8-10-13-17)20(19(24)15-16)23-25-21(2,3)22(4,5)26-23/h8-10,12-15,24H,6-7,11H2,1-5H3. The van der Waals surface area contributed by atoms with Crippen LogP contribution in [0, 0.1) is 0 Å². The van der Waals surface area contributed by atoms with Gasteiger partial charge in [-0.25, -0.2) is 0 Å². The van der Waals surface area contributed by atoms with Gasteiger partial charge in [0.05, 0.1) is 11.2 Å². The molecule has 1 saturated heterocycles. The number of aromatic hydroxyl groups is 1. The fourth-order valence-electron chi connectivity index (χ4n) is 3.29. The Morgan fingerprint density at radius 1 is 0.962 bits per heavy atom. The molecule has 0 atom stereocenters. The zero-order valence-electron chi connectivity index (χ0n) is 16.5. The quantitative estimate of drug-likeness (QED) is 0.793. The zero-order chi connectivity index (χ0) is 18.9. The average Bonchev–Trinajstić information content (AvgIpc) is 2.80. The third-order valence-corrected chi connectivity index (χ3v) is 5.61. The summed E-state index contributed by atoms with van der Waals surface area (Å²) in [5, 5.41) is 10.9. The molecule has 0 spiro atoms. The first-order valence-electron chi connectivity index (χ1n) is 9.52. The van der Waals surface area contributed by atoms with Gasteiger partial charge in [-0.3, -0.25) is 0 Å². The smallest absolute Gasteiger partial charge is 0.499 e. The molecule has 1 aliphatic heterocycles. The fourth-order valence-corrected chi connectivity index (χ4v) is 3.29. The molecule has 138 valence electrons. The number of phenolic OH excluding ortho intramolecular Hbond substituents is 1. The van der Waals surface area contributed by atoms with Gasteiger partial charge in [-0.2, -0.15) is 0 Å². The topological polar surface area (TPSA) is 38.7 Å². The SMILES string of the molecule is CCCCc1cc(O)c(B2OC(C)(C)C(C)(C)O2)c(-c2ccccc2)c1. The van der Waals surface area contributed by atoms with Crippen LogP contribution in [-0.4, -0.2) is 23.4 Å². The molecule has 4 heteroatoms. The number of unbranched alkanes of at least 4 members (excludes halogenated alkanes) is 1. The molecule has 0 bridgehead atoms. The maximum atomic E-state index is 10.9. The number of aryl methyl sites for hydroxylation is 1. The van der Waals surface area contributed by atoms with E-state index in [1.54, 1.807) is 0 Å². The lowest BCUT2D eigenvalue weighted by atomic mass is 9.73. The van der Waals surface area contributed by atoms with Gasteiger partial charge in [-0.15, -0.1) is 0 Å². The van der Waals surface area contributed by atoms with Crippen LogP contribution in [0.25, 0.3) is 11.1 Å². The second-order valence-corrected chi connectivity index (χ2v) is 8.13. The minimum absolute atomic E-state index is 0.246. The summed E-state index contributed by atoms with van der Waals surface area (Å²) in [6, 6.07) is 14.2. The van der Waals surface area contributed by atoms with Gasteiger partial charge in [-0.05, 0) is 63.3 Å². The second kappa shape index (κ2) is 7.09. The van der Waals surface area contributed by atoms with E-state index in [9.17, 15) is 5.11 Å². The molecule has 0 radical (unpaired) electrons. The molecule has 1 heterocycles. The molecule has 1 fully saturated rings. The molecule has 0 aliphatic carbocycles. The Morgan fingerprint density at radius 3 is 2.15 bits per heavy atom. The highest BCUT2D eigenvalue weighted by Crippen LogP contribution is 2.38. The van der Waals surface area contributed by atoms with E-state index < -0.39 is 18.3 Å². The summed E-state index contributed by atoms with van der Waals surface area (Å²) in [6.45, 7) is 10.3. The van der Waals surface area contributed by atoms with Gasteiger partial charge in [-0.1, -0.05) is 49.7 Å². The summed E-state index contributed by atoms with van der Waals surface area (Å²) >= 11 is 0. The van der Waals surface area contributed by atoms with Crippen LogP contribution >= 0.6 is 0 Å². The van der Waals surface area contributed by atoms with Crippen LogP contribution in [0.5, 0.6) is 5.75 Å². The number of hydrogen-bond acceptors (Lipinski definition) is 3. The summed E-state index contributed by atoms with van der Waals surface area (Å²) in [6.07, 6.45) is 3.18. The van der Waals surface area contributed by atoms with Crippen LogP contribution in [0.3, 0.4) is 0 Å². The third kappa shape index (κ3) is 3.53. The van der Waals surface area contributed by atoms with E-state index in [1.807, 2.05) is 52.0 Å². The van der Waals surface area contributed by atoms with Gasteiger partial charge in [0.25, 0.3) is 0 Å². The Labute approximate surface area is 157 Å². The van der Waals surface area contributed by atoms with Crippen molar-refractivity contribution in [2.24, 2.45) is 0 Å². The van der Waals surface area contributed by atoms with Crippen molar-refractivity contribution < 1.29 is 14.4 Å². The van der Waals surface area contributed by atoms with Gasteiger partial charge >= 0.3 is 7.12 Å². The van der Waals surface area contributed by atoms with E-state index >= 15 is 0 Å². The van der Waals surface area contributed by atoms with E-state index in [0.29, 0.717) is 0 Å². The predicted molar refractivity (Wildman–Crippen MR) is 108 cm³/mol. The molecule has 0 unspecified atom stereocenters. The van der Waals surface area contributed by atoms with Crippen LogP contribution in [-0.2, 0) is 15.7 Å². The maximum absolute atomic E-state index is 10.9. The summed E-state index contributed by atoms with van der Waals surface area (Å²) in [5.74, 6) is 0.246. The molecule has 0 aromatic heterocycles. The van der Waals surface area contributed by atoms with Crippen LogP contribution in [0.1, 0.15) is 53.0 Å². The summed E-state index contributed by atoms with van der Waals surface area (Å²) in [4.78, 5) is 0. The second-order valence-electron chi connectivity index (χ2n) is 8.13. The van der Waals surface area contributed by atoms with Crippen LogP contribution < -0.4 is 5.46 Å². The minimum atomic E-state index is -0.588. The van der Waals surface area contributed by atoms with Crippen molar-refractivity contribution in [1.29, 1.82) is 0 Å². The van der Waals surface area contributed by atoms with Gasteiger partial charge in [0.2, 0.25) is 0 Å². The highest BCUT2D eigenvalue weighted by molar-refractivity contribution is 6.65. The summed E-state index contributed by atoms with van der Waals surface area (Å²) in [5.41, 5.74) is 3.01. The van der Waals surface area contributed by atoms with Crippen LogP contribution in [0.4, 0.5) is 0 Å². The first-order valence-corrected chi connectivity index (χ1v) is 9.52. The number of benzene rings is 2. The van der Waals surface area contributed by atoms with Crippen molar-refractivity contribution in [3.63, 3.8) is 0 Å². The molecule has 2 aromatic carbocycles. The monoisotopic (exact) mass is 352 g/mol. The van der Waals surface area contributed by atoms with Gasteiger partial charge in [0.1, 0.15) is 5.75 Å². The molecule has 1 N–H and O–H groups in total. The molecule has 0 saturated carbocycles. The Bertz CT molecular complexity index is 752. The lowest BCUT2D eigenvalue weighted by Gasteiger charge is -2.32. The van der Waals surface area contributed by atoms with Gasteiger partial charge in [0.15, 0.2) is 0 Å². The summed E-state index contributed by atoms with van der Waals surface area (Å²) in [7, 11) is -0.588. The lowest BCUT2D eigenvalue weighted by molar-refractivity contribution is 0.00578. The molecule has 26 heavy (non-hydrogen) atoms. The molecular weight excluding hydrogens is 323 g/mol. The van der Waals surface area contributed by atoms with Crippen LogP contribution in [0.2, 0.25) is 0 Å². The Hall–Kier alpha value is -1.78. The van der Waals surface area contributed by atoms with Crippen molar-refractivity contribution in [1.82, 2.24) is 0 Å². The maximum Gasteiger partial charge on any atom is 0.499 e. The van der Waals surface area contributed by atoms with Crippen molar-refractivity contribution >= 4 is 12.6 Å². The Kier molecular flexibility index (Phi) is 5.18. The van der Waals surface area contributed by atoms with Crippen molar-refractivity contribution in [2.45, 2.75) is 65.1 Å². The van der Waals surface area contributed by atoms with Crippen LogP contribution in [0.15, 0.2) is 42.5 Å². The normalized spacial score (nSPS) is 18.3. The summed E-state index contributed by atoms with van der Waals surface area (Å²) < 4.78 is 12.5. The lowest BCUT2D eigenvalue weighted by Crippen LogP contribution is -2.41. The van der Waals surface area contributed by atoms with Crippen molar-refractivity contribution in [3.05, 3.63) is 48.0 Å². The predicted octanol–water partition coefficient (Wildman–Crippen LogP) is 4.70. The Morgan fingerprint density at radius 2 is 1.58 bits per heavy atom. The van der Waals surface area contributed by atoms with E-state index in [-0.39, 0.29) is 5.75 Å². The minimum Gasteiger partial charge on any atom is -0.508 e. The molecule has 1 aliphatic rings. The third-order valence-electron chi connectivity index (χ3n) is 5.61. The number of hydrogen-bond donors (Lipinski definition) is 1. The molecule has 0 amide bonds. The molecule has 3 rings (SSSR count). The fraction of sp³-hybridized carbons (Fsp3) is 0.455. The van der Waals surface area contributed by atoms with Gasteiger partial charge in [0, 0.05) is 5.46 Å². The van der Waals surface area contributed by atoms with E-state index in [0.717, 1.165) is 41.4 Å². The first-order chi connectivity index (χ1) is 12.2. The Balaban J connectivity index is 2.10. The number of phenols is 1. The molecule has 3 nitrogen and oxygen atoms in total. The zero-order valence-corrected chi connectivity index (χ0v) is 16.5. The average molecular weight is 352 g/mol.